The summed E-state index contributed by atoms with van der Waals surface area (Å²) in [5, 5.41) is 14.9. The molecular weight excluding hydrogens is 438 g/mol. The maximum atomic E-state index is 11.9. The molecule has 0 spiro atoms. The first-order valence-electron chi connectivity index (χ1n) is 12.5. The Balaban J connectivity index is 1.60. The molecule has 0 saturated carbocycles. The number of carbonyl (C=O) groups is 1. The van der Waals surface area contributed by atoms with Crippen LogP contribution in [0.15, 0.2) is 78.9 Å². The fraction of sp³-hybridized carbons (Fsp3) is 0.367. The summed E-state index contributed by atoms with van der Waals surface area (Å²) < 4.78 is 11.1. The summed E-state index contributed by atoms with van der Waals surface area (Å²) in [6.07, 6.45) is 5.71. The van der Waals surface area contributed by atoms with Gasteiger partial charge in [-0.15, -0.1) is 0 Å². The van der Waals surface area contributed by atoms with E-state index in [1.165, 1.54) is 12.8 Å². The third kappa shape index (κ3) is 7.33. The maximum Gasteiger partial charge on any atom is 0.220 e. The number of methoxy groups -OCH3 is 1. The molecule has 0 bridgehead atoms. The van der Waals surface area contributed by atoms with Crippen molar-refractivity contribution in [2.75, 3.05) is 20.3 Å². The quantitative estimate of drug-likeness (QED) is 0.227. The lowest BCUT2D eigenvalue weighted by Gasteiger charge is -2.30. The van der Waals surface area contributed by atoms with Gasteiger partial charge in [-0.3, -0.25) is 4.79 Å². The second-order valence-electron chi connectivity index (χ2n) is 8.69. The molecule has 0 radical (unpaired) electrons. The van der Waals surface area contributed by atoms with E-state index in [1.54, 1.807) is 7.11 Å². The third-order valence-corrected chi connectivity index (χ3v) is 6.14. The van der Waals surface area contributed by atoms with Gasteiger partial charge in [0.15, 0.2) is 0 Å². The lowest BCUT2D eigenvalue weighted by molar-refractivity contribution is -0.121. The van der Waals surface area contributed by atoms with Crippen LogP contribution in [-0.2, 0) is 10.4 Å². The van der Waals surface area contributed by atoms with Crippen molar-refractivity contribution in [2.45, 2.75) is 51.0 Å². The highest BCUT2D eigenvalue weighted by Crippen LogP contribution is 2.37. The minimum atomic E-state index is -1.32. The van der Waals surface area contributed by atoms with Gasteiger partial charge in [0.2, 0.25) is 5.91 Å². The van der Waals surface area contributed by atoms with Gasteiger partial charge < -0.3 is 19.9 Å². The van der Waals surface area contributed by atoms with Crippen LogP contribution in [0.25, 0.3) is 0 Å². The minimum absolute atomic E-state index is 0.0767. The van der Waals surface area contributed by atoms with Crippen LogP contribution in [-0.4, -0.2) is 31.3 Å². The van der Waals surface area contributed by atoms with Gasteiger partial charge in [-0.05, 0) is 53.8 Å². The molecule has 2 N–H and O–H groups in total. The molecule has 186 valence electrons. The Hall–Kier alpha value is -3.31. The summed E-state index contributed by atoms with van der Waals surface area (Å²) in [4.78, 5) is 11.9. The lowest BCUT2D eigenvalue weighted by Crippen LogP contribution is -2.28. The molecule has 5 heteroatoms. The van der Waals surface area contributed by atoms with Gasteiger partial charge in [-0.1, -0.05) is 80.8 Å². The fourth-order valence-electron chi connectivity index (χ4n) is 4.09. The predicted octanol–water partition coefficient (Wildman–Crippen LogP) is 5.83. The van der Waals surface area contributed by atoms with Crippen LogP contribution < -0.4 is 14.8 Å². The Morgan fingerprint density at radius 1 is 0.800 bits per heavy atom. The molecule has 3 aromatic rings. The van der Waals surface area contributed by atoms with Crippen molar-refractivity contribution >= 4 is 5.91 Å². The molecule has 3 aromatic carbocycles. The van der Waals surface area contributed by atoms with E-state index >= 15 is 0 Å². The summed E-state index contributed by atoms with van der Waals surface area (Å²) in [7, 11) is 1.62. The lowest BCUT2D eigenvalue weighted by atomic mass is 9.80. The molecule has 0 fully saturated rings. The highest BCUT2D eigenvalue weighted by Gasteiger charge is 2.33. The normalized spacial score (nSPS) is 12.5. The monoisotopic (exact) mass is 475 g/mol. The Bertz CT molecular complexity index is 1020. The van der Waals surface area contributed by atoms with Crippen molar-refractivity contribution in [3.8, 4) is 11.5 Å². The van der Waals surface area contributed by atoms with E-state index in [1.807, 2.05) is 78.9 Å². The number of ether oxygens (including phenoxy) is 2. The highest BCUT2D eigenvalue weighted by molar-refractivity contribution is 5.75. The first-order valence-corrected chi connectivity index (χ1v) is 12.5. The van der Waals surface area contributed by atoms with Gasteiger partial charge in [0.1, 0.15) is 17.1 Å². The zero-order valence-corrected chi connectivity index (χ0v) is 20.8. The first kappa shape index (κ1) is 26.3. The third-order valence-electron chi connectivity index (χ3n) is 6.14. The minimum Gasteiger partial charge on any atom is -0.497 e. The van der Waals surface area contributed by atoms with Crippen LogP contribution in [0.2, 0.25) is 0 Å². The van der Waals surface area contributed by atoms with E-state index in [4.69, 9.17) is 9.47 Å². The van der Waals surface area contributed by atoms with Crippen LogP contribution in [0.5, 0.6) is 11.5 Å². The summed E-state index contributed by atoms with van der Waals surface area (Å²) in [6, 6.07) is 24.6. The highest BCUT2D eigenvalue weighted by atomic mass is 16.5. The number of carbonyl (C=O) groups excluding carboxylic acids is 1. The van der Waals surface area contributed by atoms with Crippen molar-refractivity contribution in [2.24, 2.45) is 0 Å². The van der Waals surface area contributed by atoms with E-state index in [2.05, 4.69) is 12.2 Å². The molecule has 1 atom stereocenters. The number of unbranched alkanes of at least 4 members (excludes halogenated alkanes) is 3. The second-order valence-corrected chi connectivity index (χ2v) is 8.69. The zero-order valence-electron chi connectivity index (χ0n) is 20.8. The summed E-state index contributed by atoms with van der Waals surface area (Å²) in [5.41, 5.74) is 0.948. The second kappa shape index (κ2) is 13.5. The number of hydrogen-bond acceptors (Lipinski definition) is 4. The Morgan fingerprint density at radius 3 is 2.00 bits per heavy atom. The average Bonchev–Trinajstić information content (AvgIpc) is 2.91. The smallest absolute Gasteiger partial charge is 0.220 e. The maximum absolute atomic E-state index is 11.9. The predicted molar refractivity (Wildman–Crippen MR) is 140 cm³/mol. The Morgan fingerprint density at radius 2 is 1.40 bits per heavy atom. The SMILES string of the molecule is CCCCCCNC(=O)CCCOc1ccc(C(O)(c2ccccc2)c2ccc(OC)cc2)cc1. The van der Waals surface area contributed by atoms with Gasteiger partial charge in [0, 0.05) is 13.0 Å². The molecule has 0 aliphatic rings. The number of amides is 1. The van der Waals surface area contributed by atoms with E-state index in [9.17, 15) is 9.90 Å². The molecule has 0 aromatic heterocycles. The standard InChI is InChI=1S/C30H37NO4/c1-3-4-5-9-22-31-29(32)13-10-23-35-28-20-16-26(17-21-28)30(33,24-11-7-6-8-12-24)25-14-18-27(34-2)19-15-25/h6-8,11-12,14-21,33H,3-5,9-10,13,22-23H2,1-2H3,(H,31,32). The topological polar surface area (TPSA) is 67.8 Å². The number of hydrogen-bond donors (Lipinski definition) is 2. The van der Waals surface area contributed by atoms with Gasteiger partial charge in [0.05, 0.1) is 13.7 Å². The van der Waals surface area contributed by atoms with Crippen molar-refractivity contribution in [3.63, 3.8) is 0 Å². The Kier molecular flexibility index (Phi) is 10.2. The molecular formula is C30H37NO4. The van der Waals surface area contributed by atoms with Crippen molar-refractivity contribution in [1.82, 2.24) is 5.32 Å². The summed E-state index contributed by atoms with van der Waals surface area (Å²) in [6.45, 7) is 3.39. The van der Waals surface area contributed by atoms with Crippen LogP contribution in [0.1, 0.15) is 62.1 Å². The van der Waals surface area contributed by atoms with Gasteiger partial charge in [-0.25, -0.2) is 0 Å². The van der Waals surface area contributed by atoms with Gasteiger partial charge in [-0.2, -0.15) is 0 Å². The van der Waals surface area contributed by atoms with E-state index < -0.39 is 5.60 Å². The number of benzene rings is 3. The molecule has 0 heterocycles. The summed E-state index contributed by atoms with van der Waals surface area (Å²) in [5.74, 6) is 1.52. The largest absolute Gasteiger partial charge is 0.497 e. The molecule has 1 unspecified atom stereocenters. The van der Waals surface area contributed by atoms with Crippen molar-refractivity contribution in [1.29, 1.82) is 0 Å². The molecule has 0 aliphatic carbocycles. The van der Waals surface area contributed by atoms with Crippen LogP contribution in [0.3, 0.4) is 0 Å². The van der Waals surface area contributed by atoms with E-state index in [0.29, 0.717) is 25.2 Å². The fourth-order valence-corrected chi connectivity index (χ4v) is 4.09. The van der Waals surface area contributed by atoms with E-state index in [-0.39, 0.29) is 5.91 Å². The van der Waals surface area contributed by atoms with Gasteiger partial charge in [0.25, 0.3) is 0 Å². The molecule has 0 saturated heterocycles. The van der Waals surface area contributed by atoms with Crippen LogP contribution >= 0.6 is 0 Å². The Labute approximate surface area is 209 Å². The molecule has 3 rings (SSSR count). The summed E-state index contributed by atoms with van der Waals surface area (Å²) >= 11 is 0. The van der Waals surface area contributed by atoms with E-state index in [0.717, 1.165) is 41.8 Å². The number of rotatable bonds is 14. The first-order chi connectivity index (χ1) is 17.1. The van der Waals surface area contributed by atoms with Gasteiger partial charge >= 0.3 is 0 Å². The molecule has 5 nitrogen and oxygen atoms in total. The van der Waals surface area contributed by atoms with Crippen molar-refractivity contribution < 1.29 is 19.4 Å². The van der Waals surface area contributed by atoms with Crippen LogP contribution in [0.4, 0.5) is 0 Å². The molecule has 35 heavy (non-hydrogen) atoms. The number of aliphatic hydroxyl groups is 1. The average molecular weight is 476 g/mol. The molecule has 1 amide bonds. The molecule has 0 aliphatic heterocycles. The van der Waals surface area contributed by atoms with Crippen LogP contribution in [0, 0.1) is 0 Å². The zero-order chi connectivity index (χ0) is 24.9. The van der Waals surface area contributed by atoms with Crippen molar-refractivity contribution in [3.05, 3.63) is 95.6 Å². The number of nitrogens with one attached hydrogen (secondary N) is 1.